The Kier molecular flexibility index (Phi) is 4.20. The smallest absolute Gasteiger partial charge is 0.0752 e. The Labute approximate surface area is 113 Å². The lowest BCUT2D eigenvalue weighted by Gasteiger charge is -2.11. The van der Waals surface area contributed by atoms with E-state index in [1.807, 2.05) is 19.9 Å². The number of hydrogen-bond donors (Lipinski definition) is 1. The molecule has 96 valence electrons. The number of pyridine rings is 1. The first-order valence-electron chi connectivity index (χ1n) is 6.39. The van der Waals surface area contributed by atoms with Gasteiger partial charge in [0.1, 0.15) is 0 Å². The maximum atomic E-state index is 6.16. The van der Waals surface area contributed by atoms with E-state index in [1.54, 1.807) is 0 Å². The molecule has 2 nitrogen and oxygen atoms in total. The van der Waals surface area contributed by atoms with Crippen molar-refractivity contribution in [2.75, 3.05) is 6.54 Å². The van der Waals surface area contributed by atoms with E-state index in [0.717, 1.165) is 41.3 Å². The molecule has 0 saturated carbocycles. The number of nitrogens with zero attached hydrogens (tertiary/aromatic N) is 1. The molecular weight excluding hydrogens is 244 g/mol. The molecule has 1 aromatic heterocycles. The van der Waals surface area contributed by atoms with E-state index in [-0.39, 0.29) is 0 Å². The van der Waals surface area contributed by atoms with Crippen molar-refractivity contribution in [1.82, 2.24) is 10.3 Å². The Morgan fingerprint density at radius 2 is 2.06 bits per heavy atom. The Bertz CT molecular complexity index is 564. The summed E-state index contributed by atoms with van der Waals surface area (Å²) in [6.07, 6.45) is 1.15. The van der Waals surface area contributed by atoms with Crippen LogP contribution < -0.4 is 5.32 Å². The molecule has 0 spiro atoms. The van der Waals surface area contributed by atoms with Crippen molar-refractivity contribution in [3.05, 3.63) is 40.0 Å². The molecule has 0 aliphatic carbocycles. The Hall–Kier alpha value is -1.12. The second-order valence-electron chi connectivity index (χ2n) is 4.67. The van der Waals surface area contributed by atoms with E-state index < -0.39 is 0 Å². The van der Waals surface area contributed by atoms with Crippen LogP contribution in [0.4, 0.5) is 0 Å². The topological polar surface area (TPSA) is 24.9 Å². The minimum Gasteiger partial charge on any atom is -0.313 e. The second-order valence-corrected chi connectivity index (χ2v) is 5.08. The number of nitrogens with one attached hydrogen (secondary N) is 1. The van der Waals surface area contributed by atoms with E-state index >= 15 is 0 Å². The Balaban J connectivity index is 2.49. The van der Waals surface area contributed by atoms with Crippen LogP contribution in [0.5, 0.6) is 0 Å². The van der Waals surface area contributed by atoms with Gasteiger partial charge in [0.05, 0.1) is 5.52 Å². The van der Waals surface area contributed by atoms with Gasteiger partial charge in [-0.3, -0.25) is 4.98 Å². The summed E-state index contributed by atoms with van der Waals surface area (Å²) in [6.45, 7) is 8.15. The van der Waals surface area contributed by atoms with Gasteiger partial charge in [0, 0.05) is 22.6 Å². The average Bonchev–Trinajstić information content (AvgIpc) is 2.34. The minimum absolute atomic E-state index is 0.785. The fraction of sp³-hybridized carbons (Fsp3) is 0.400. The van der Waals surface area contributed by atoms with Crippen LogP contribution in [0.2, 0.25) is 5.02 Å². The van der Waals surface area contributed by atoms with Crippen molar-refractivity contribution >= 4 is 22.5 Å². The highest BCUT2D eigenvalue weighted by Crippen LogP contribution is 2.26. The van der Waals surface area contributed by atoms with Crippen molar-refractivity contribution in [2.24, 2.45) is 0 Å². The van der Waals surface area contributed by atoms with E-state index in [4.69, 9.17) is 11.6 Å². The zero-order valence-corrected chi connectivity index (χ0v) is 11.9. The number of halogens is 1. The van der Waals surface area contributed by atoms with Crippen molar-refractivity contribution in [3.63, 3.8) is 0 Å². The molecule has 0 atom stereocenters. The van der Waals surface area contributed by atoms with Crippen molar-refractivity contribution in [1.29, 1.82) is 0 Å². The minimum atomic E-state index is 0.785. The normalized spacial score (nSPS) is 11.1. The van der Waals surface area contributed by atoms with Gasteiger partial charge < -0.3 is 5.32 Å². The molecule has 0 fully saturated rings. The van der Waals surface area contributed by atoms with Crippen LogP contribution >= 0.6 is 11.6 Å². The summed E-state index contributed by atoms with van der Waals surface area (Å²) in [5, 5.41) is 5.43. The predicted molar refractivity (Wildman–Crippen MR) is 78.2 cm³/mol. The lowest BCUT2D eigenvalue weighted by atomic mass is 10.0. The van der Waals surface area contributed by atoms with Gasteiger partial charge >= 0.3 is 0 Å². The molecule has 2 aromatic rings. The first-order valence-corrected chi connectivity index (χ1v) is 6.77. The van der Waals surface area contributed by atoms with E-state index in [2.05, 4.69) is 29.4 Å². The molecule has 0 amide bonds. The van der Waals surface area contributed by atoms with Crippen molar-refractivity contribution in [2.45, 2.75) is 33.7 Å². The van der Waals surface area contributed by atoms with Gasteiger partial charge in [-0.1, -0.05) is 24.6 Å². The molecule has 2 rings (SSSR count). The maximum Gasteiger partial charge on any atom is 0.0752 e. The van der Waals surface area contributed by atoms with Crippen LogP contribution in [-0.2, 0) is 6.54 Å². The van der Waals surface area contributed by atoms with E-state index in [0.29, 0.717) is 0 Å². The summed E-state index contributed by atoms with van der Waals surface area (Å²) in [5.74, 6) is 0. The van der Waals surface area contributed by atoms with Crippen LogP contribution in [0, 0.1) is 13.8 Å². The molecule has 0 aliphatic rings. The highest BCUT2D eigenvalue weighted by atomic mass is 35.5. The average molecular weight is 263 g/mol. The SMILES string of the molecule is CCCNCc1cc(C)nc2c(C)c(Cl)ccc12. The summed E-state index contributed by atoms with van der Waals surface area (Å²) < 4.78 is 0. The summed E-state index contributed by atoms with van der Waals surface area (Å²) in [6, 6.07) is 6.18. The molecule has 1 N–H and O–H groups in total. The van der Waals surface area contributed by atoms with Crippen LogP contribution in [0.1, 0.15) is 30.2 Å². The Morgan fingerprint density at radius 3 is 2.78 bits per heavy atom. The summed E-state index contributed by atoms with van der Waals surface area (Å²) in [4.78, 5) is 4.61. The van der Waals surface area contributed by atoms with Crippen LogP contribution in [-0.4, -0.2) is 11.5 Å². The van der Waals surface area contributed by atoms with Gasteiger partial charge in [0.15, 0.2) is 0 Å². The molecule has 0 saturated heterocycles. The zero-order chi connectivity index (χ0) is 13.1. The number of rotatable bonds is 4. The van der Waals surface area contributed by atoms with Crippen molar-refractivity contribution in [3.8, 4) is 0 Å². The maximum absolute atomic E-state index is 6.16. The van der Waals surface area contributed by atoms with Crippen LogP contribution in [0.3, 0.4) is 0 Å². The first-order chi connectivity index (χ1) is 8.63. The van der Waals surface area contributed by atoms with Gasteiger partial charge in [-0.2, -0.15) is 0 Å². The fourth-order valence-electron chi connectivity index (χ4n) is 2.16. The van der Waals surface area contributed by atoms with Gasteiger partial charge in [-0.25, -0.2) is 0 Å². The summed E-state index contributed by atoms with van der Waals surface area (Å²) >= 11 is 6.16. The van der Waals surface area contributed by atoms with E-state index in [9.17, 15) is 0 Å². The number of aryl methyl sites for hydroxylation is 2. The third-order valence-electron chi connectivity index (χ3n) is 3.12. The molecule has 0 bridgehead atoms. The molecule has 3 heteroatoms. The molecule has 0 aliphatic heterocycles. The highest BCUT2D eigenvalue weighted by molar-refractivity contribution is 6.32. The number of aromatic nitrogens is 1. The number of benzene rings is 1. The summed E-state index contributed by atoms with van der Waals surface area (Å²) in [5.41, 5.74) is 4.43. The largest absolute Gasteiger partial charge is 0.313 e. The van der Waals surface area contributed by atoms with Crippen LogP contribution in [0.25, 0.3) is 10.9 Å². The molecular formula is C15H19ClN2. The van der Waals surface area contributed by atoms with Gasteiger partial charge in [-0.15, -0.1) is 0 Å². The standard InChI is InChI=1S/C15H19ClN2/c1-4-7-17-9-12-8-10(2)18-15-11(3)14(16)6-5-13(12)15/h5-6,8,17H,4,7,9H2,1-3H3. The van der Waals surface area contributed by atoms with Gasteiger partial charge in [0.2, 0.25) is 0 Å². The molecule has 1 heterocycles. The number of fused-ring (bicyclic) bond motifs is 1. The van der Waals surface area contributed by atoms with Crippen LogP contribution in [0.15, 0.2) is 18.2 Å². The van der Waals surface area contributed by atoms with Gasteiger partial charge in [-0.05, 0) is 50.1 Å². The monoisotopic (exact) mass is 262 g/mol. The van der Waals surface area contributed by atoms with E-state index in [1.165, 1.54) is 10.9 Å². The lowest BCUT2D eigenvalue weighted by molar-refractivity contribution is 0.677. The van der Waals surface area contributed by atoms with Crippen molar-refractivity contribution < 1.29 is 0 Å². The predicted octanol–water partition coefficient (Wildman–Crippen LogP) is 4.00. The summed E-state index contributed by atoms with van der Waals surface area (Å²) in [7, 11) is 0. The third kappa shape index (κ3) is 2.65. The lowest BCUT2D eigenvalue weighted by Crippen LogP contribution is -2.14. The van der Waals surface area contributed by atoms with Gasteiger partial charge in [0.25, 0.3) is 0 Å². The first kappa shape index (κ1) is 13.3. The molecule has 18 heavy (non-hydrogen) atoms. The Morgan fingerprint density at radius 1 is 1.28 bits per heavy atom. The quantitative estimate of drug-likeness (QED) is 0.843. The second kappa shape index (κ2) is 5.68. The fourth-order valence-corrected chi connectivity index (χ4v) is 2.32. The zero-order valence-electron chi connectivity index (χ0n) is 11.2. The molecule has 0 radical (unpaired) electrons. The third-order valence-corrected chi connectivity index (χ3v) is 3.53. The molecule has 0 unspecified atom stereocenters. The highest BCUT2D eigenvalue weighted by Gasteiger charge is 2.08. The number of hydrogen-bond acceptors (Lipinski definition) is 2. The molecule has 1 aromatic carbocycles.